The minimum atomic E-state index is -0.481. The van der Waals surface area contributed by atoms with Crippen LogP contribution in [0.3, 0.4) is 0 Å². The van der Waals surface area contributed by atoms with Gasteiger partial charge in [-0.2, -0.15) is 0 Å². The number of benzene rings is 2. The van der Waals surface area contributed by atoms with Crippen LogP contribution in [0.15, 0.2) is 42.5 Å². The number of ether oxygens (including phenoxy) is 1. The number of aliphatic hydroxyl groups is 1. The maximum atomic E-state index is 13.3. The lowest BCUT2D eigenvalue weighted by Crippen LogP contribution is -2.47. The molecule has 4 rings (SSSR count). The molecular formula is C28H37FN4O4. The molecule has 3 atom stereocenters. The number of nitrogens with zero attached hydrogens (tertiary/aromatic N) is 2. The molecule has 1 aliphatic heterocycles. The van der Waals surface area contributed by atoms with Crippen LogP contribution in [-0.4, -0.2) is 72.3 Å². The number of hydrogen-bond acceptors (Lipinski definition) is 5. The Bertz CT molecular complexity index is 1090. The Morgan fingerprint density at radius 1 is 1.16 bits per heavy atom. The molecule has 1 heterocycles. The number of rotatable bonds is 8. The zero-order valence-corrected chi connectivity index (χ0v) is 21.7. The third-order valence-electron chi connectivity index (χ3n) is 7.03. The fraction of sp³-hybridized carbons (Fsp3) is 0.500. The zero-order valence-electron chi connectivity index (χ0n) is 21.7. The maximum absolute atomic E-state index is 13.3. The Morgan fingerprint density at radius 2 is 1.84 bits per heavy atom. The van der Waals surface area contributed by atoms with Gasteiger partial charge in [-0.1, -0.05) is 6.92 Å². The highest BCUT2D eigenvalue weighted by molar-refractivity contribution is 5.99. The number of halogens is 1. The quantitative estimate of drug-likeness (QED) is 0.498. The van der Waals surface area contributed by atoms with E-state index in [0.29, 0.717) is 29.2 Å². The standard InChI is InChI=1S/C28H37FN4O4/c1-18-14-33(19(2)17-34)27(35)13-21-12-24(31-28(36)30-23-8-6-22(29)7-9-23)10-11-25(21)37-26(18)16-32(3)15-20-4-5-20/h6-12,18-20,26,34H,4-5,13-17H2,1-3H3,(H2,30,31,36)/t18-,19-,26+/m0/s1. The molecular weight excluding hydrogens is 475 g/mol. The van der Waals surface area contributed by atoms with Crippen molar-refractivity contribution in [1.82, 2.24) is 9.80 Å². The van der Waals surface area contributed by atoms with E-state index in [1.807, 2.05) is 6.92 Å². The zero-order chi connectivity index (χ0) is 26.5. The molecule has 1 saturated carbocycles. The van der Waals surface area contributed by atoms with Gasteiger partial charge in [0.1, 0.15) is 17.7 Å². The fourth-order valence-corrected chi connectivity index (χ4v) is 4.67. The van der Waals surface area contributed by atoms with Crippen LogP contribution < -0.4 is 15.4 Å². The molecule has 8 nitrogen and oxygen atoms in total. The highest BCUT2D eigenvalue weighted by Crippen LogP contribution is 2.31. The summed E-state index contributed by atoms with van der Waals surface area (Å²) in [6.07, 6.45) is 2.48. The predicted molar refractivity (Wildman–Crippen MR) is 141 cm³/mol. The summed E-state index contributed by atoms with van der Waals surface area (Å²) in [4.78, 5) is 29.9. The summed E-state index contributed by atoms with van der Waals surface area (Å²) in [6.45, 7) is 6.05. The van der Waals surface area contributed by atoms with Crippen molar-refractivity contribution >= 4 is 23.3 Å². The van der Waals surface area contributed by atoms with Gasteiger partial charge in [-0.25, -0.2) is 9.18 Å². The van der Waals surface area contributed by atoms with Crippen LogP contribution in [-0.2, 0) is 11.2 Å². The number of carbonyl (C=O) groups is 2. The average Bonchev–Trinajstić information content (AvgIpc) is 3.67. The number of urea groups is 1. The lowest BCUT2D eigenvalue weighted by atomic mass is 10.0. The van der Waals surface area contributed by atoms with Gasteiger partial charge < -0.3 is 30.3 Å². The first-order valence-corrected chi connectivity index (χ1v) is 12.9. The molecule has 1 aliphatic carbocycles. The van der Waals surface area contributed by atoms with Crippen LogP contribution >= 0.6 is 0 Å². The molecule has 1 fully saturated rings. The van der Waals surface area contributed by atoms with Crippen molar-refractivity contribution in [2.45, 2.75) is 45.3 Å². The lowest BCUT2D eigenvalue weighted by Gasteiger charge is -2.34. The van der Waals surface area contributed by atoms with Crippen molar-refractivity contribution < 1.29 is 23.8 Å². The first-order valence-electron chi connectivity index (χ1n) is 12.9. The number of amides is 3. The van der Waals surface area contributed by atoms with E-state index in [1.54, 1.807) is 23.1 Å². The average molecular weight is 513 g/mol. The summed E-state index contributed by atoms with van der Waals surface area (Å²) in [5.74, 6) is 0.936. The molecule has 2 aliphatic rings. The summed E-state index contributed by atoms with van der Waals surface area (Å²) < 4.78 is 19.7. The molecule has 0 unspecified atom stereocenters. The molecule has 0 bridgehead atoms. The molecule has 0 spiro atoms. The van der Waals surface area contributed by atoms with Crippen molar-refractivity contribution in [2.75, 3.05) is 43.9 Å². The van der Waals surface area contributed by atoms with Gasteiger partial charge >= 0.3 is 6.03 Å². The SMILES string of the molecule is C[C@H]1CN([C@@H](C)CO)C(=O)Cc2cc(NC(=O)Nc3ccc(F)cc3)ccc2O[C@@H]1CN(C)CC1CC1. The van der Waals surface area contributed by atoms with Gasteiger partial charge in [0.15, 0.2) is 0 Å². The van der Waals surface area contributed by atoms with Crippen molar-refractivity contribution in [2.24, 2.45) is 11.8 Å². The topological polar surface area (TPSA) is 94.1 Å². The van der Waals surface area contributed by atoms with Crippen LogP contribution in [0.2, 0.25) is 0 Å². The summed E-state index contributed by atoms with van der Waals surface area (Å²) in [7, 11) is 2.11. The monoisotopic (exact) mass is 512 g/mol. The maximum Gasteiger partial charge on any atom is 0.323 e. The van der Waals surface area contributed by atoms with Crippen molar-refractivity contribution in [3.05, 3.63) is 53.8 Å². The molecule has 2 aromatic carbocycles. The number of nitrogens with one attached hydrogen (secondary N) is 2. The van der Waals surface area contributed by atoms with E-state index in [4.69, 9.17) is 4.74 Å². The molecule has 0 saturated heterocycles. The van der Waals surface area contributed by atoms with E-state index in [1.165, 1.54) is 37.1 Å². The number of anilines is 2. The van der Waals surface area contributed by atoms with Crippen LogP contribution in [0.5, 0.6) is 5.75 Å². The Kier molecular flexibility index (Phi) is 8.66. The van der Waals surface area contributed by atoms with Crippen LogP contribution in [0.4, 0.5) is 20.6 Å². The Hall–Kier alpha value is -3.17. The van der Waals surface area contributed by atoms with E-state index in [0.717, 1.165) is 19.0 Å². The molecule has 200 valence electrons. The number of likely N-dealkylation sites (N-methyl/N-ethyl adjacent to an activating group) is 1. The number of fused-ring (bicyclic) bond motifs is 1. The van der Waals surface area contributed by atoms with E-state index in [2.05, 4.69) is 29.5 Å². The lowest BCUT2D eigenvalue weighted by molar-refractivity contribution is -0.134. The Labute approximate surface area is 217 Å². The van der Waals surface area contributed by atoms with E-state index < -0.39 is 6.03 Å². The fourth-order valence-electron chi connectivity index (χ4n) is 4.67. The summed E-state index contributed by atoms with van der Waals surface area (Å²) >= 11 is 0. The summed E-state index contributed by atoms with van der Waals surface area (Å²) in [5.41, 5.74) is 1.64. The molecule has 0 aromatic heterocycles. The summed E-state index contributed by atoms with van der Waals surface area (Å²) in [5, 5.41) is 15.2. The normalized spacial score (nSPS) is 20.8. The smallest absolute Gasteiger partial charge is 0.323 e. The van der Waals surface area contributed by atoms with E-state index in [-0.39, 0.29) is 42.8 Å². The second kappa shape index (κ2) is 11.9. The first kappa shape index (κ1) is 26.9. The van der Waals surface area contributed by atoms with E-state index >= 15 is 0 Å². The second-order valence-corrected chi connectivity index (χ2v) is 10.5. The number of carbonyl (C=O) groups excluding carboxylic acids is 2. The molecule has 3 N–H and O–H groups in total. The highest BCUT2D eigenvalue weighted by atomic mass is 19.1. The van der Waals surface area contributed by atoms with E-state index in [9.17, 15) is 19.1 Å². The van der Waals surface area contributed by atoms with Crippen LogP contribution in [0, 0.1) is 17.7 Å². The largest absolute Gasteiger partial charge is 0.488 e. The first-order chi connectivity index (χ1) is 17.7. The van der Waals surface area contributed by atoms with Gasteiger partial charge in [0.2, 0.25) is 5.91 Å². The van der Waals surface area contributed by atoms with Gasteiger partial charge in [-0.05, 0) is 75.2 Å². The van der Waals surface area contributed by atoms with Gasteiger partial charge in [-0.15, -0.1) is 0 Å². The third kappa shape index (κ3) is 7.42. The van der Waals surface area contributed by atoms with Gasteiger partial charge in [-0.3, -0.25) is 4.79 Å². The molecule has 37 heavy (non-hydrogen) atoms. The molecule has 2 aromatic rings. The number of hydrogen-bond donors (Lipinski definition) is 3. The van der Waals surface area contributed by atoms with Gasteiger partial charge in [0.25, 0.3) is 0 Å². The highest BCUT2D eigenvalue weighted by Gasteiger charge is 2.32. The van der Waals surface area contributed by atoms with Gasteiger partial charge in [0, 0.05) is 42.5 Å². The minimum absolute atomic E-state index is 0.0461. The Balaban J connectivity index is 1.54. The van der Waals surface area contributed by atoms with Crippen molar-refractivity contribution in [3.8, 4) is 5.75 Å². The predicted octanol–water partition coefficient (Wildman–Crippen LogP) is 3.96. The van der Waals surface area contributed by atoms with Crippen LogP contribution in [0.25, 0.3) is 0 Å². The number of aliphatic hydroxyl groups excluding tert-OH is 1. The van der Waals surface area contributed by atoms with Gasteiger partial charge in [0.05, 0.1) is 19.1 Å². The molecule has 0 radical (unpaired) electrons. The minimum Gasteiger partial charge on any atom is -0.488 e. The molecule has 3 amide bonds. The third-order valence-corrected chi connectivity index (χ3v) is 7.03. The Morgan fingerprint density at radius 3 is 2.51 bits per heavy atom. The molecule has 9 heteroatoms. The van der Waals surface area contributed by atoms with Crippen molar-refractivity contribution in [3.63, 3.8) is 0 Å². The van der Waals surface area contributed by atoms with Crippen molar-refractivity contribution in [1.29, 1.82) is 0 Å². The summed E-state index contributed by atoms with van der Waals surface area (Å²) in [6, 6.07) is 9.98. The second-order valence-electron chi connectivity index (χ2n) is 10.5. The van der Waals surface area contributed by atoms with Crippen LogP contribution in [0.1, 0.15) is 32.3 Å².